The molecule has 1 fully saturated rings. The highest BCUT2D eigenvalue weighted by molar-refractivity contribution is 14.1. The number of carbonyl (C=O) groups is 1. The van der Waals surface area contributed by atoms with Gasteiger partial charge < -0.3 is 5.11 Å². The van der Waals surface area contributed by atoms with Gasteiger partial charge in [-0.05, 0) is 53.6 Å². The molecule has 1 aromatic heterocycles. The topological polar surface area (TPSA) is 55.1 Å². The molecule has 1 aromatic carbocycles. The van der Waals surface area contributed by atoms with Gasteiger partial charge in [0.15, 0.2) is 0 Å². The fourth-order valence-corrected chi connectivity index (χ4v) is 2.78. The number of hydrogen-bond donors (Lipinski definition) is 1. The molecule has 1 saturated carbocycles. The van der Waals surface area contributed by atoms with Crippen LogP contribution in [0.15, 0.2) is 24.4 Å². The van der Waals surface area contributed by atoms with Crippen LogP contribution < -0.4 is 0 Å². The van der Waals surface area contributed by atoms with E-state index < -0.39 is 5.97 Å². The molecule has 0 bridgehead atoms. The van der Waals surface area contributed by atoms with E-state index in [9.17, 15) is 9.90 Å². The highest BCUT2D eigenvalue weighted by Gasteiger charge is 2.33. The number of aromatic nitrogens is 2. The van der Waals surface area contributed by atoms with E-state index in [4.69, 9.17) is 11.6 Å². The molecule has 0 spiro atoms. The van der Waals surface area contributed by atoms with Crippen molar-refractivity contribution in [2.75, 3.05) is 0 Å². The van der Waals surface area contributed by atoms with Crippen LogP contribution >= 0.6 is 34.2 Å². The second kappa shape index (κ2) is 4.79. The van der Waals surface area contributed by atoms with Gasteiger partial charge in [0.2, 0.25) is 0 Å². The summed E-state index contributed by atoms with van der Waals surface area (Å²) < 4.78 is 2.71. The van der Waals surface area contributed by atoms with Crippen molar-refractivity contribution in [3.63, 3.8) is 0 Å². The average molecular weight is 389 g/mol. The normalized spacial score (nSPS) is 14.6. The van der Waals surface area contributed by atoms with Gasteiger partial charge >= 0.3 is 5.97 Å². The molecule has 1 aliphatic carbocycles. The van der Waals surface area contributed by atoms with Crippen LogP contribution in [-0.2, 0) is 0 Å². The predicted octanol–water partition coefficient (Wildman–Crippen LogP) is 3.71. The van der Waals surface area contributed by atoms with Crippen LogP contribution in [0, 0.1) is 3.57 Å². The molecular weight excluding hydrogens is 379 g/mol. The highest BCUT2D eigenvalue weighted by Crippen LogP contribution is 2.43. The number of rotatable bonds is 3. The summed E-state index contributed by atoms with van der Waals surface area (Å²) in [5.74, 6) is -0.655. The van der Waals surface area contributed by atoms with Gasteiger partial charge in [0.05, 0.1) is 22.6 Å². The first-order chi connectivity index (χ1) is 9.08. The molecule has 0 atom stereocenters. The fraction of sp³-hybridized carbons (Fsp3) is 0.231. The molecule has 1 N–H and O–H groups in total. The molecule has 0 amide bonds. The Bertz CT molecular complexity index is 665. The minimum Gasteiger partial charge on any atom is -0.478 e. The van der Waals surface area contributed by atoms with E-state index >= 15 is 0 Å². The Balaban J connectivity index is 2.20. The Labute approximate surface area is 128 Å². The molecule has 6 heteroatoms. The Morgan fingerprint density at radius 3 is 2.84 bits per heavy atom. The molecule has 0 aliphatic heterocycles. The molecule has 98 valence electrons. The number of nitrogens with zero attached hydrogens (tertiary/aromatic N) is 2. The first kappa shape index (κ1) is 12.9. The Hall–Kier alpha value is -1.08. The molecule has 4 nitrogen and oxygen atoms in total. The Kier molecular flexibility index (Phi) is 3.26. The summed E-state index contributed by atoms with van der Waals surface area (Å²) >= 11 is 8.40. The summed E-state index contributed by atoms with van der Waals surface area (Å²) in [6.45, 7) is 0. The van der Waals surface area contributed by atoms with E-state index in [0.29, 0.717) is 5.02 Å². The van der Waals surface area contributed by atoms with Crippen molar-refractivity contribution in [2.24, 2.45) is 0 Å². The second-order valence-corrected chi connectivity index (χ2v) is 6.18. The standard InChI is InChI=1S/C13H10ClIN2O2/c14-10-4-3-8(15)5-11(10)17-12(7-1-2-7)9(6-16-17)13(18)19/h3-7H,1-2H2,(H,18,19). The van der Waals surface area contributed by atoms with Crippen molar-refractivity contribution in [3.8, 4) is 5.69 Å². The lowest BCUT2D eigenvalue weighted by Crippen LogP contribution is -2.06. The number of carboxylic acid groups (broad SMARTS) is 1. The van der Waals surface area contributed by atoms with Gasteiger partial charge in [-0.2, -0.15) is 5.10 Å². The lowest BCUT2D eigenvalue weighted by atomic mass is 10.1. The zero-order valence-electron chi connectivity index (χ0n) is 9.81. The molecular formula is C13H10ClIN2O2. The van der Waals surface area contributed by atoms with Crippen LogP contribution in [0.3, 0.4) is 0 Å². The predicted molar refractivity (Wildman–Crippen MR) is 80.2 cm³/mol. The first-order valence-corrected chi connectivity index (χ1v) is 7.30. The van der Waals surface area contributed by atoms with Crippen molar-refractivity contribution < 1.29 is 9.90 Å². The van der Waals surface area contributed by atoms with E-state index in [1.807, 2.05) is 12.1 Å². The van der Waals surface area contributed by atoms with E-state index in [-0.39, 0.29) is 11.5 Å². The molecule has 1 aliphatic rings. The van der Waals surface area contributed by atoms with E-state index in [1.54, 1.807) is 10.7 Å². The SMILES string of the molecule is O=C(O)c1cnn(-c2cc(I)ccc2Cl)c1C1CC1. The maximum atomic E-state index is 11.3. The average Bonchev–Trinajstić information content (AvgIpc) is 3.11. The molecule has 0 unspecified atom stereocenters. The lowest BCUT2D eigenvalue weighted by molar-refractivity contribution is 0.0695. The number of halogens is 2. The summed E-state index contributed by atoms with van der Waals surface area (Å²) in [6.07, 6.45) is 3.42. The fourth-order valence-electron chi connectivity index (χ4n) is 2.11. The van der Waals surface area contributed by atoms with Crippen molar-refractivity contribution in [2.45, 2.75) is 18.8 Å². The third kappa shape index (κ3) is 2.36. The zero-order chi connectivity index (χ0) is 13.6. The van der Waals surface area contributed by atoms with Crippen LogP contribution in [0.25, 0.3) is 5.69 Å². The maximum Gasteiger partial charge on any atom is 0.339 e. The molecule has 0 radical (unpaired) electrons. The van der Waals surface area contributed by atoms with Gasteiger partial charge in [-0.15, -0.1) is 0 Å². The summed E-state index contributed by atoms with van der Waals surface area (Å²) in [7, 11) is 0. The monoisotopic (exact) mass is 388 g/mol. The molecule has 1 heterocycles. The summed E-state index contributed by atoms with van der Waals surface area (Å²) in [5.41, 5.74) is 1.77. The van der Waals surface area contributed by atoms with Crippen LogP contribution in [-0.4, -0.2) is 20.9 Å². The quantitative estimate of drug-likeness (QED) is 0.816. The number of carboxylic acids is 1. The second-order valence-electron chi connectivity index (χ2n) is 4.53. The van der Waals surface area contributed by atoms with Crippen LogP contribution in [0.4, 0.5) is 0 Å². The van der Waals surface area contributed by atoms with Crippen molar-refractivity contribution in [3.05, 3.63) is 44.2 Å². The summed E-state index contributed by atoms with van der Waals surface area (Å²) in [5, 5.41) is 14.0. The maximum absolute atomic E-state index is 11.3. The number of benzene rings is 1. The van der Waals surface area contributed by atoms with E-state index in [0.717, 1.165) is 27.8 Å². The van der Waals surface area contributed by atoms with Crippen LogP contribution in [0.1, 0.15) is 34.8 Å². The van der Waals surface area contributed by atoms with E-state index in [1.165, 1.54) is 6.20 Å². The van der Waals surface area contributed by atoms with Gasteiger partial charge in [0.25, 0.3) is 0 Å². The minimum absolute atomic E-state index is 0.275. The first-order valence-electron chi connectivity index (χ1n) is 5.84. The van der Waals surface area contributed by atoms with Gasteiger partial charge in [0, 0.05) is 9.49 Å². The molecule has 0 saturated heterocycles. The van der Waals surface area contributed by atoms with Crippen molar-refractivity contribution in [1.29, 1.82) is 0 Å². The molecule has 19 heavy (non-hydrogen) atoms. The highest BCUT2D eigenvalue weighted by atomic mass is 127. The zero-order valence-corrected chi connectivity index (χ0v) is 12.7. The van der Waals surface area contributed by atoms with Gasteiger partial charge in [-0.25, -0.2) is 9.48 Å². The third-order valence-electron chi connectivity index (χ3n) is 3.14. The largest absolute Gasteiger partial charge is 0.478 e. The Morgan fingerprint density at radius 2 is 2.21 bits per heavy atom. The Morgan fingerprint density at radius 1 is 1.47 bits per heavy atom. The summed E-state index contributed by atoms with van der Waals surface area (Å²) in [6, 6.07) is 5.62. The number of aromatic carboxylic acids is 1. The van der Waals surface area contributed by atoms with Gasteiger partial charge in [0.1, 0.15) is 5.56 Å². The van der Waals surface area contributed by atoms with Crippen LogP contribution in [0.2, 0.25) is 5.02 Å². The van der Waals surface area contributed by atoms with Gasteiger partial charge in [-0.3, -0.25) is 0 Å². The smallest absolute Gasteiger partial charge is 0.339 e. The molecule has 2 aromatic rings. The number of hydrogen-bond acceptors (Lipinski definition) is 2. The van der Waals surface area contributed by atoms with Crippen LogP contribution in [0.5, 0.6) is 0 Å². The summed E-state index contributed by atoms with van der Waals surface area (Å²) in [4.78, 5) is 11.3. The van der Waals surface area contributed by atoms with Crippen molar-refractivity contribution >= 4 is 40.2 Å². The minimum atomic E-state index is -0.935. The van der Waals surface area contributed by atoms with E-state index in [2.05, 4.69) is 27.7 Å². The van der Waals surface area contributed by atoms with Crippen molar-refractivity contribution in [1.82, 2.24) is 9.78 Å². The third-order valence-corrected chi connectivity index (χ3v) is 4.13. The lowest BCUT2D eigenvalue weighted by Gasteiger charge is -2.10. The molecule has 3 rings (SSSR count). The van der Waals surface area contributed by atoms with Gasteiger partial charge in [-0.1, -0.05) is 11.6 Å².